The van der Waals surface area contributed by atoms with E-state index < -0.39 is 10.0 Å². The normalized spacial score (nSPS) is 24.3. The molecular formula is C21H23NO4S. The average Bonchev–Trinajstić information content (AvgIpc) is 3.56. The molecule has 2 aromatic rings. The number of ether oxygens (including phenoxy) is 1. The number of carbonyl (C=O) groups excluding carboxylic acids is 1. The van der Waals surface area contributed by atoms with Gasteiger partial charge in [-0.25, -0.2) is 8.42 Å². The molecule has 4 rings (SSSR count). The van der Waals surface area contributed by atoms with Crippen LogP contribution >= 0.6 is 0 Å². The van der Waals surface area contributed by atoms with Gasteiger partial charge in [0.25, 0.3) is 0 Å². The lowest BCUT2D eigenvalue weighted by Crippen LogP contribution is -2.17. The minimum Gasteiger partial charge on any atom is -0.466 e. The van der Waals surface area contributed by atoms with Crippen molar-refractivity contribution in [2.24, 2.45) is 5.92 Å². The molecule has 0 saturated heterocycles. The van der Waals surface area contributed by atoms with Crippen LogP contribution in [0.2, 0.25) is 0 Å². The molecule has 0 amide bonds. The van der Waals surface area contributed by atoms with Crippen molar-refractivity contribution < 1.29 is 17.9 Å². The molecule has 2 fully saturated rings. The summed E-state index contributed by atoms with van der Waals surface area (Å²) in [7, 11) is -3.27. The molecule has 5 nitrogen and oxygen atoms in total. The summed E-state index contributed by atoms with van der Waals surface area (Å²) < 4.78 is 32.0. The first-order chi connectivity index (χ1) is 13.0. The van der Waals surface area contributed by atoms with Gasteiger partial charge in [-0.3, -0.25) is 9.52 Å². The Hall–Kier alpha value is -2.34. The van der Waals surface area contributed by atoms with E-state index in [1.165, 1.54) is 0 Å². The highest BCUT2D eigenvalue weighted by atomic mass is 32.2. The molecule has 0 spiro atoms. The molecule has 2 aliphatic rings. The molecule has 1 N–H and O–H groups in total. The lowest BCUT2D eigenvalue weighted by atomic mass is 10.0. The van der Waals surface area contributed by atoms with Crippen LogP contribution in [0.5, 0.6) is 0 Å². The smallest absolute Gasteiger partial charge is 0.310 e. The summed E-state index contributed by atoms with van der Waals surface area (Å²) in [4.78, 5) is 12.4. The van der Waals surface area contributed by atoms with Crippen LogP contribution in [0.1, 0.15) is 42.7 Å². The average molecular weight is 385 g/mol. The zero-order chi connectivity index (χ0) is 19.0. The quantitative estimate of drug-likeness (QED) is 0.739. The van der Waals surface area contributed by atoms with Crippen LogP contribution in [-0.4, -0.2) is 26.2 Å². The van der Waals surface area contributed by atoms with Crippen molar-refractivity contribution in [1.82, 2.24) is 0 Å². The Balaban J connectivity index is 1.54. The number of carbonyl (C=O) groups is 1. The molecule has 0 bridgehead atoms. The van der Waals surface area contributed by atoms with Crippen LogP contribution < -0.4 is 4.72 Å². The molecule has 6 heteroatoms. The first kappa shape index (κ1) is 18.0. The first-order valence-corrected chi connectivity index (χ1v) is 10.9. The number of hydrogen-bond acceptors (Lipinski definition) is 4. The van der Waals surface area contributed by atoms with Crippen molar-refractivity contribution in [1.29, 1.82) is 0 Å². The molecule has 142 valence electrons. The van der Waals surface area contributed by atoms with E-state index in [-0.39, 0.29) is 29.0 Å². The van der Waals surface area contributed by atoms with Crippen molar-refractivity contribution in [2.45, 2.75) is 36.9 Å². The van der Waals surface area contributed by atoms with E-state index in [0.717, 1.165) is 24.0 Å². The number of esters is 1. The van der Waals surface area contributed by atoms with Gasteiger partial charge in [-0.1, -0.05) is 42.5 Å². The molecule has 2 aromatic carbocycles. The Morgan fingerprint density at radius 2 is 1.59 bits per heavy atom. The highest BCUT2D eigenvalue weighted by Gasteiger charge is 2.57. The van der Waals surface area contributed by atoms with Gasteiger partial charge in [-0.15, -0.1) is 0 Å². The Bertz CT molecular complexity index is 920. The van der Waals surface area contributed by atoms with E-state index >= 15 is 0 Å². The molecule has 3 unspecified atom stereocenters. The van der Waals surface area contributed by atoms with Crippen LogP contribution in [0, 0.1) is 5.92 Å². The maximum absolute atomic E-state index is 12.4. The van der Waals surface area contributed by atoms with Gasteiger partial charge in [0.05, 0.1) is 17.8 Å². The topological polar surface area (TPSA) is 72.5 Å². The third-order valence-corrected chi connectivity index (χ3v) is 7.15. The van der Waals surface area contributed by atoms with Gasteiger partial charge in [0.2, 0.25) is 10.0 Å². The van der Waals surface area contributed by atoms with E-state index in [1.807, 2.05) is 49.4 Å². The van der Waals surface area contributed by atoms with E-state index in [4.69, 9.17) is 4.74 Å². The van der Waals surface area contributed by atoms with Crippen LogP contribution in [0.4, 0.5) is 5.69 Å². The SMILES string of the molecule is CCOC(=O)C1C(c2ccccc2)C1c1ccc(NS(=O)(=O)C2CC2)cc1. The van der Waals surface area contributed by atoms with Crippen molar-refractivity contribution in [3.8, 4) is 0 Å². The van der Waals surface area contributed by atoms with Gasteiger partial charge in [-0.2, -0.15) is 0 Å². The second kappa shape index (κ2) is 7.00. The van der Waals surface area contributed by atoms with Gasteiger partial charge in [0.15, 0.2) is 0 Å². The zero-order valence-electron chi connectivity index (χ0n) is 15.2. The van der Waals surface area contributed by atoms with Crippen LogP contribution in [0.25, 0.3) is 0 Å². The maximum Gasteiger partial charge on any atom is 0.310 e. The standard InChI is InChI=1S/C21H23NO4S/c1-2-26-21(23)20-18(14-6-4-3-5-7-14)19(20)15-8-10-16(11-9-15)22-27(24,25)17-12-13-17/h3-11,17-20,22H,2,12-13H2,1H3. The predicted octanol–water partition coefficient (Wildman–Crippen LogP) is 3.65. The molecule has 0 radical (unpaired) electrons. The number of sulfonamides is 1. The number of hydrogen-bond donors (Lipinski definition) is 1. The molecule has 2 saturated carbocycles. The molecule has 2 aliphatic carbocycles. The summed E-state index contributed by atoms with van der Waals surface area (Å²) in [6.45, 7) is 2.18. The summed E-state index contributed by atoms with van der Waals surface area (Å²) in [5, 5.41) is -0.253. The predicted molar refractivity (Wildman–Crippen MR) is 104 cm³/mol. The molecule has 27 heavy (non-hydrogen) atoms. The molecule has 0 heterocycles. The molecule has 0 aliphatic heterocycles. The molecule has 3 atom stereocenters. The number of nitrogens with one attached hydrogen (secondary N) is 1. The summed E-state index contributed by atoms with van der Waals surface area (Å²) in [5.41, 5.74) is 2.71. The highest BCUT2D eigenvalue weighted by molar-refractivity contribution is 7.93. The lowest BCUT2D eigenvalue weighted by molar-refractivity contribution is -0.144. The third kappa shape index (κ3) is 3.72. The first-order valence-electron chi connectivity index (χ1n) is 9.34. The third-order valence-electron chi connectivity index (χ3n) is 5.28. The number of benzene rings is 2. The Labute approximate surface area is 159 Å². The maximum atomic E-state index is 12.4. The Kier molecular flexibility index (Phi) is 4.68. The van der Waals surface area contributed by atoms with Crippen molar-refractivity contribution in [2.75, 3.05) is 11.3 Å². The summed E-state index contributed by atoms with van der Waals surface area (Å²) in [6.07, 6.45) is 1.46. The van der Waals surface area contributed by atoms with Crippen LogP contribution in [0.3, 0.4) is 0 Å². The second-order valence-electron chi connectivity index (χ2n) is 7.21. The number of anilines is 1. The highest BCUT2D eigenvalue weighted by Crippen LogP contribution is 2.61. The lowest BCUT2D eigenvalue weighted by Gasteiger charge is -2.08. The van der Waals surface area contributed by atoms with Gasteiger partial charge < -0.3 is 4.74 Å². The van der Waals surface area contributed by atoms with Crippen molar-refractivity contribution in [3.63, 3.8) is 0 Å². The van der Waals surface area contributed by atoms with Gasteiger partial charge in [0.1, 0.15) is 0 Å². The fraction of sp³-hybridized carbons (Fsp3) is 0.381. The van der Waals surface area contributed by atoms with E-state index in [1.54, 1.807) is 12.1 Å². The fourth-order valence-corrected chi connectivity index (χ4v) is 5.13. The zero-order valence-corrected chi connectivity index (χ0v) is 16.0. The van der Waals surface area contributed by atoms with Gasteiger partial charge >= 0.3 is 5.97 Å². The van der Waals surface area contributed by atoms with Crippen LogP contribution in [0.15, 0.2) is 54.6 Å². The summed E-state index contributed by atoms with van der Waals surface area (Å²) >= 11 is 0. The van der Waals surface area contributed by atoms with Gasteiger partial charge in [-0.05, 0) is 43.0 Å². The van der Waals surface area contributed by atoms with Gasteiger partial charge in [0, 0.05) is 17.5 Å². The Morgan fingerprint density at radius 3 is 2.15 bits per heavy atom. The molecule has 0 aromatic heterocycles. The number of rotatable bonds is 7. The second-order valence-corrected chi connectivity index (χ2v) is 9.17. The molecular weight excluding hydrogens is 362 g/mol. The van der Waals surface area contributed by atoms with E-state index in [2.05, 4.69) is 4.72 Å². The van der Waals surface area contributed by atoms with E-state index in [0.29, 0.717) is 12.3 Å². The monoisotopic (exact) mass is 385 g/mol. The Morgan fingerprint density at radius 1 is 1.00 bits per heavy atom. The van der Waals surface area contributed by atoms with Crippen molar-refractivity contribution in [3.05, 3.63) is 65.7 Å². The van der Waals surface area contributed by atoms with Crippen molar-refractivity contribution >= 4 is 21.7 Å². The summed E-state index contributed by atoms with van der Waals surface area (Å²) in [5.74, 6) is -0.212. The largest absolute Gasteiger partial charge is 0.466 e. The minimum atomic E-state index is -3.27. The minimum absolute atomic E-state index is 0.0561. The summed E-state index contributed by atoms with van der Waals surface area (Å²) in [6, 6.07) is 17.3. The fourth-order valence-electron chi connectivity index (χ4n) is 3.75. The van der Waals surface area contributed by atoms with E-state index in [9.17, 15) is 13.2 Å². The van der Waals surface area contributed by atoms with Crippen LogP contribution in [-0.2, 0) is 19.6 Å².